The highest BCUT2D eigenvalue weighted by molar-refractivity contribution is 5.97. The van der Waals surface area contributed by atoms with E-state index in [4.69, 9.17) is 5.26 Å². The van der Waals surface area contributed by atoms with E-state index in [0.29, 0.717) is 51.2 Å². The van der Waals surface area contributed by atoms with Gasteiger partial charge in [-0.2, -0.15) is 10.4 Å². The van der Waals surface area contributed by atoms with Crippen molar-refractivity contribution in [3.8, 4) is 17.3 Å². The smallest absolute Gasteiger partial charge is 0.212 e. The van der Waals surface area contributed by atoms with Crippen molar-refractivity contribution in [3.05, 3.63) is 41.7 Å². The number of anilines is 1. The maximum atomic E-state index is 14.9. The van der Waals surface area contributed by atoms with Crippen LogP contribution in [0.3, 0.4) is 0 Å². The van der Waals surface area contributed by atoms with Crippen molar-refractivity contribution in [1.82, 2.24) is 24.6 Å². The molecular formula is C17H12FN7O. The summed E-state index contributed by atoms with van der Waals surface area (Å²) in [5, 5.41) is 18.9. The van der Waals surface area contributed by atoms with E-state index < -0.39 is 5.82 Å². The van der Waals surface area contributed by atoms with Crippen LogP contribution in [0.1, 0.15) is 11.1 Å². The van der Waals surface area contributed by atoms with Gasteiger partial charge in [0.2, 0.25) is 6.41 Å². The maximum Gasteiger partial charge on any atom is 0.212 e. The number of imidazole rings is 1. The number of nitrogens with zero attached hydrogens (tertiary/aromatic N) is 5. The average molecular weight is 349 g/mol. The zero-order valence-corrected chi connectivity index (χ0v) is 13.6. The van der Waals surface area contributed by atoms with Gasteiger partial charge in [-0.3, -0.25) is 14.9 Å². The molecule has 0 bridgehead atoms. The molecule has 128 valence electrons. The molecule has 0 aliphatic rings. The molecule has 26 heavy (non-hydrogen) atoms. The second kappa shape index (κ2) is 5.93. The SMILES string of the molecule is Cc1c(F)c(CC#N)c2[nH]ncc2c1-c1cn2cc(NC=O)nc2cn1. The van der Waals surface area contributed by atoms with Gasteiger partial charge in [0.05, 0.1) is 42.3 Å². The highest BCUT2D eigenvalue weighted by Crippen LogP contribution is 2.34. The van der Waals surface area contributed by atoms with Gasteiger partial charge in [0.25, 0.3) is 0 Å². The lowest BCUT2D eigenvalue weighted by Crippen LogP contribution is -2.00. The number of aromatic nitrogens is 5. The molecule has 4 rings (SSSR count). The van der Waals surface area contributed by atoms with E-state index in [9.17, 15) is 9.18 Å². The number of halogens is 1. The molecule has 9 heteroatoms. The van der Waals surface area contributed by atoms with Crippen LogP contribution < -0.4 is 5.32 Å². The number of hydrogen-bond donors (Lipinski definition) is 2. The molecule has 0 saturated heterocycles. The molecule has 3 aromatic heterocycles. The van der Waals surface area contributed by atoms with Crippen molar-refractivity contribution < 1.29 is 9.18 Å². The number of benzene rings is 1. The molecule has 3 heterocycles. The standard InChI is InChI=1S/C17H12FN7O/c1-9-15(11-4-22-24-17(11)10(2-3-19)16(9)18)12-6-25-7-13(21-8-26)23-14(25)5-20-12/h4-8H,2H2,1H3,(H,21,26)(H,22,24). The van der Waals surface area contributed by atoms with Crippen LogP contribution in [-0.2, 0) is 11.2 Å². The normalized spacial score (nSPS) is 11.0. The summed E-state index contributed by atoms with van der Waals surface area (Å²) in [6, 6.07) is 1.98. The Bertz CT molecular complexity index is 1200. The van der Waals surface area contributed by atoms with Crippen molar-refractivity contribution in [2.45, 2.75) is 13.3 Å². The van der Waals surface area contributed by atoms with E-state index >= 15 is 0 Å². The fraction of sp³-hybridized carbons (Fsp3) is 0.118. The van der Waals surface area contributed by atoms with Crippen LogP contribution in [0.25, 0.3) is 27.8 Å². The highest BCUT2D eigenvalue weighted by Gasteiger charge is 2.20. The van der Waals surface area contributed by atoms with Crippen LogP contribution in [0.4, 0.5) is 10.2 Å². The van der Waals surface area contributed by atoms with Crippen molar-refractivity contribution in [1.29, 1.82) is 5.26 Å². The number of rotatable bonds is 4. The minimum absolute atomic E-state index is 0.0552. The van der Waals surface area contributed by atoms with E-state index in [1.165, 1.54) is 6.20 Å². The number of hydrogen-bond acceptors (Lipinski definition) is 5. The molecule has 4 aromatic rings. The summed E-state index contributed by atoms with van der Waals surface area (Å²) in [5.74, 6) is -0.0613. The van der Waals surface area contributed by atoms with Crippen LogP contribution in [-0.4, -0.2) is 31.0 Å². The number of nitriles is 1. The lowest BCUT2D eigenvalue weighted by atomic mass is 9.96. The van der Waals surface area contributed by atoms with E-state index in [1.54, 1.807) is 29.9 Å². The van der Waals surface area contributed by atoms with Crippen LogP contribution in [0, 0.1) is 24.1 Å². The van der Waals surface area contributed by atoms with Gasteiger partial charge in [-0.1, -0.05) is 0 Å². The Kier molecular flexibility index (Phi) is 3.58. The van der Waals surface area contributed by atoms with Gasteiger partial charge in [0.1, 0.15) is 5.82 Å². The minimum atomic E-state index is -0.450. The van der Waals surface area contributed by atoms with Gasteiger partial charge in [-0.25, -0.2) is 9.37 Å². The number of H-pyrrole nitrogens is 1. The van der Waals surface area contributed by atoms with Crippen molar-refractivity contribution in [2.24, 2.45) is 0 Å². The van der Waals surface area contributed by atoms with Gasteiger partial charge in [-0.05, 0) is 12.5 Å². The Morgan fingerprint density at radius 2 is 2.27 bits per heavy atom. The van der Waals surface area contributed by atoms with Gasteiger partial charge in [0.15, 0.2) is 11.5 Å². The van der Waals surface area contributed by atoms with Crippen LogP contribution >= 0.6 is 0 Å². The van der Waals surface area contributed by atoms with Crippen LogP contribution in [0.2, 0.25) is 0 Å². The molecule has 0 radical (unpaired) electrons. The summed E-state index contributed by atoms with van der Waals surface area (Å²) < 4.78 is 16.6. The summed E-state index contributed by atoms with van der Waals surface area (Å²) in [5.41, 5.74) is 2.83. The zero-order valence-electron chi connectivity index (χ0n) is 13.6. The first-order valence-corrected chi connectivity index (χ1v) is 7.70. The second-order valence-electron chi connectivity index (χ2n) is 5.71. The summed E-state index contributed by atoms with van der Waals surface area (Å²) >= 11 is 0. The van der Waals surface area contributed by atoms with E-state index in [2.05, 4.69) is 25.5 Å². The molecule has 0 unspecified atom stereocenters. The zero-order chi connectivity index (χ0) is 18.3. The number of carbonyl (C=O) groups is 1. The van der Waals surface area contributed by atoms with Crippen LogP contribution in [0.5, 0.6) is 0 Å². The summed E-state index contributed by atoms with van der Waals surface area (Å²) in [7, 11) is 0. The van der Waals surface area contributed by atoms with Gasteiger partial charge < -0.3 is 9.72 Å². The van der Waals surface area contributed by atoms with Crippen molar-refractivity contribution in [3.63, 3.8) is 0 Å². The van der Waals surface area contributed by atoms with Gasteiger partial charge in [-0.15, -0.1) is 0 Å². The first-order chi connectivity index (χ1) is 12.6. The first kappa shape index (κ1) is 15.7. The third kappa shape index (κ3) is 2.28. The highest BCUT2D eigenvalue weighted by atomic mass is 19.1. The molecule has 0 saturated carbocycles. The molecule has 1 aromatic carbocycles. The summed E-state index contributed by atoms with van der Waals surface area (Å²) in [6.07, 6.45) is 6.96. The fourth-order valence-corrected chi connectivity index (χ4v) is 3.09. The molecule has 0 aliphatic heterocycles. The lowest BCUT2D eigenvalue weighted by molar-refractivity contribution is -0.105. The number of aromatic amines is 1. The number of carbonyl (C=O) groups excluding carboxylic acids is 1. The Morgan fingerprint density at radius 3 is 3.04 bits per heavy atom. The third-order valence-corrected chi connectivity index (χ3v) is 4.24. The predicted molar refractivity (Wildman–Crippen MR) is 91.8 cm³/mol. The summed E-state index contributed by atoms with van der Waals surface area (Å²) in [6.45, 7) is 1.65. The second-order valence-corrected chi connectivity index (χ2v) is 5.71. The average Bonchev–Trinajstić information content (AvgIpc) is 3.25. The van der Waals surface area contributed by atoms with Gasteiger partial charge in [0, 0.05) is 22.7 Å². The first-order valence-electron chi connectivity index (χ1n) is 7.70. The quantitative estimate of drug-likeness (QED) is 0.549. The topological polar surface area (TPSA) is 112 Å². The lowest BCUT2D eigenvalue weighted by Gasteiger charge is -2.12. The molecule has 0 spiro atoms. The van der Waals surface area contributed by atoms with Gasteiger partial charge >= 0.3 is 0 Å². The van der Waals surface area contributed by atoms with E-state index in [1.807, 2.05) is 6.07 Å². The Morgan fingerprint density at radius 1 is 1.42 bits per heavy atom. The third-order valence-electron chi connectivity index (χ3n) is 4.24. The molecule has 1 amide bonds. The van der Waals surface area contributed by atoms with E-state index in [-0.39, 0.29) is 6.42 Å². The minimum Gasteiger partial charge on any atom is -0.312 e. The number of fused-ring (bicyclic) bond motifs is 2. The van der Waals surface area contributed by atoms with Crippen LogP contribution in [0.15, 0.2) is 24.8 Å². The Balaban J connectivity index is 1.97. The largest absolute Gasteiger partial charge is 0.312 e. The molecule has 2 N–H and O–H groups in total. The Labute approximate surface area is 146 Å². The number of amides is 1. The monoisotopic (exact) mass is 349 g/mol. The molecule has 0 fully saturated rings. The molecular weight excluding hydrogens is 337 g/mol. The molecule has 0 atom stereocenters. The fourth-order valence-electron chi connectivity index (χ4n) is 3.09. The number of nitrogens with one attached hydrogen (secondary N) is 2. The molecule has 8 nitrogen and oxygen atoms in total. The van der Waals surface area contributed by atoms with Crippen molar-refractivity contribution in [2.75, 3.05) is 5.32 Å². The summed E-state index contributed by atoms with van der Waals surface area (Å²) in [4.78, 5) is 19.2. The Hall–Kier alpha value is -3.80. The predicted octanol–water partition coefficient (Wildman–Crippen LogP) is 2.35. The molecule has 0 aliphatic carbocycles. The van der Waals surface area contributed by atoms with Crippen molar-refractivity contribution >= 4 is 28.8 Å². The van der Waals surface area contributed by atoms with E-state index in [0.717, 1.165) is 0 Å². The maximum absolute atomic E-state index is 14.9.